The molecular formula is C21H27BrClN3O4S. The lowest BCUT2D eigenvalue weighted by molar-refractivity contribution is -0.154. The Kier molecular flexibility index (Phi) is 7.63. The highest BCUT2D eigenvalue weighted by atomic mass is 79.9. The quantitative estimate of drug-likeness (QED) is 0.376. The van der Waals surface area contributed by atoms with Gasteiger partial charge in [-0.15, -0.1) is 0 Å². The number of halogens is 2. The molecule has 1 saturated carbocycles. The van der Waals surface area contributed by atoms with Gasteiger partial charge in [0, 0.05) is 34.5 Å². The molecule has 1 aliphatic rings. The second-order valence-electron chi connectivity index (χ2n) is 7.94. The largest absolute Gasteiger partial charge is 0.465 e. The molecular weight excluding hydrogens is 506 g/mol. The van der Waals surface area contributed by atoms with Crippen molar-refractivity contribution in [3.8, 4) is 0 Å². The Morgan fingerprint density at radius 2 is 1.90 bits per heavy atom. The predicted molar refractivity (Wildman–Crippen MR) is 125 cm³/mol. The number of fused-ring (bicyclic) bond motifs is 1. The van der Waals surface area contributed by atoms with E-state index in [2.05, 4.69) is 20.9 Å². The van der Waals surface area contributed by atoms with Crippen LogP contribution in [0, 0.1) is 0 Å². The topological polar surface area (TPSA) is 79.8 Å². The Balaban J connectivity index is 2.15. The highest BCUT2D eigenvalue weighted by Crippen LogP contribution is 2.40. The first kappa shape index (κ1) is 24.4. The fourth-order valence-electron chi connectivity index (χ4n) is 4.08. The van der Waals surface area contributed by atoms with E-state index in [0.29, 0.717) is 24.8 Å². The number of hydrogen-bond donors (Lipinski definition) is 0. The van der Waals surface area contributed by atoms with E-state index in [9.17, 15) is 13.2 Å². The van der Waals surface area contributed by atoms with Crippen molar-refractivity contribution in [2.24, 2.45) is 0 Å². The summed E-state index contributed by atoms with van der Waals surface area (Å²) in [6.45, 7) is 2.58. The van der Waals surface area contributed by atoms with Crippen LogP contribution in [0.4, 0.5) is 0 Å². The van der Waals surface area contributed by atoms with Crippen molar-refractivity contribution >= 4 is 54.3 Å². The van der Waals surface area contributed by atoms with Gasteiger partial charge in [-0.25, -0.2) is 13.4 Å². The second-order valence-corrected chi connectivity index (χ2v) is 11.0. The van der Waals surface area contributed by atoms with Crippen molar-refractivity contribution < 1.29 is 17.9 Å². The molecule has 0 N–H and O–H groups in total. The monoisotopic (exact) mass is 531 g/mol. The summed E-state index contributed by atoms with van der Waals surface area (Å²) in [6, 6.07) is 4.78. The van der Waals surface area contributed by atoms with Crippen LogP contribution in [0.25, 0.3) is 10.8 Å². The van der Waals surface area contributed by atoms with Crippen molar-refractivity contribution in [3.63, 3.8) is 0 Å². The van der Waals surface area contributed by atoms with Gasteiger partial charge in [0.15, 0.2) is 0 Å². The molecule has 7 nitrogen and oxygen atoms in total. The molecule has 0 spiro atoms. The number of carbonyl (C=O) groups excluding carboxylic acids is 1. The molecule has 0 amide bonds. The van der Waals surface area contributed by atoms with E-state index < -0.39 is 21.5 Å². The Morgan fingerprint density at radius 3 is 2.52 bits per heavy atom. The lowest BCUT2D eigenvalue weighted by atomic mass is 9.97. The van der Waals surface area contributed by atoms with Crippen molar-refractivity contribution in [3.05, 3.63) is 34.0 Å². The fraction of sp³-hybridized carbons (Fsp3) is 0.524. The Bertz CT molecular complexity index is 1070. The minimum atomic E-state index is -4.02. The third-order valence-corrected chi connectivity index (χ3v) is 8.56. The number of esters is 1. The lowest BCUT2D eigenvalue weighted by Gasteiger charge is -2.38. The number of ether oxygens (including phenoxy) is 1. The number of rotatable bonds is 8. The molecule has 0 unspecified atom stereocenters. The summed E-state index contributed by atoms with van der Waals surface area (Å²) in [4.78, 5) is 19.1. The van der Waals surface area contributed by atoms with Gasteiger partial charge in [-0.1, -0.05) is 30.5 Å². The van der Waals surface area contributed by atoms with E-state index in [1.54, 1.807) is 25.3 Å². The van der Waals surface area contributed by atoms with Gasteiger partial charge >= 0.3 is 5.97 Å². The van der Waals surface area contributed by atoms with E-state index in [-0.39, 0.29) is 23.2 Å². The van der Waals surface area contributed by atoms with Crippen LogP contribution in [0.3, 0.4) is 0 Å². The van der Waals surface area contributed by atoms with Crippen LogP contribution in [-0.2, 0) is 19.6 Å². The number of pyridine rings is 1. The number of aromatic nitrogens is 1. The first-order valence-corrected chi connectivity index (χ1v) is 12.8. The van der Waals surface area contributed by atoms with Crippen molar-refractivity contribution in [2.75, 3.05) is 33.8 Å². The summed E-state index contributed by atoms with van der Waals surface area (Å²) >= 11 is 9.69. The van der Waals surface area contributed by atoms with Crippen LogP contribution in [0.5, 0.6) is 0 Å². The van der Waals surface area contributed by atoms with Gasteiger partial charge in [-0.05, 0) is 61.9 Å². The molecule has 1 fully saturated rings. The number of hydrogen-bond acceptors (Lipinski definition) is 6. The summed E-state index contributed by atoms with van der Waals surface area (Å²) in [5.74, 6) is -0.474. The van der Waals surface area contributed by atoms with E-state index >= 15 is 0 Å². The highest BCUT2D eigenvalue weighted by Gasteiger charge is 2.52. The van der Waals surface area contributed by atoms with Crippen molar-refractivity contribution in [1.82, 2.24) is 14.2 Å². The molecule has 10 heteroatoms. The van der Waals surface area contributed by atoms with Crippen LogP contribution < -0.4 is 0 Å². The standard InChI is InChI=1S/C21H27BrClN3O4S/c1-4-30-20(27)21(9-5-6-10-21)26(12-11-25(2)3)31(28,29)15-7-8-16-17(13-15)19(23)24-14-18(16)22/h7-8,13-14H,4-6,9-12H2,1-3H3. The van der Waals surface area contributed by atoms with Gasteiger partial charge in [-0.2, -0.15) is 4.31 Å². The molecule has 1 aliphatic carbocycles. The fourth-order valence-corrected chi connectivity index (χ4v) is 6.53. The van der Waals surface area contributed by atoms with E-state index in [1.807, 2.05) is 19.0 Å². The minimum absolute atomic E-state index is 0.0797. The van der Waals surface area contributed by atoms with Crippen molar-refractivity contribution in [2.45, 2.75) is 43.0 Å². The highest BCUT2D eigenvalue weighted by molar-refractivity contribution is 9.10. The van der Waals surface area contributed by atoms with Gasteiger partial charge in [0.1, 0.15) is 10.7 Å². The molecule has 31 heavy (non-hydrogen) atoms. The minimum Gasteiger partial charge on any atom is -0.465 e. The maximum absolute atomic E-state index is 13.9. The number of benzene rings is 1. The Morgan fingerprint density at radius 1 is 1.23 bits per heavy atom. The molecule has 0 atom stereocenters. The maximum atomic E-state index is 13.9. The van der Waals surface area contributed by atoms with Crippen LogP contribution in [0.15, 0.2) is 33.8 Å². The van der Waals surface area contributed by atoms with Crippen LogP contribution in [-0.4, -0.2) is 67.9 Å². The molecule has 0 aliphatic heterocycles. The Labute approximate surface area is 196 Å². The van der Waals surface area contributed by atoms with Crippen LogP contribution in [0.1, 0.15) is 32.6 Å². The first-order valence-electron chi connectivity index (χ1n) is 10.2. The molecule has 2 aromatic rings. The number of sulfonamides is 1. The Hall–Kier alpha value is -1.26. The number of nitrogens with zero attached hydrogens (tertiary/aromatic N) is 3. The predicted octanol–water partition coefficient (Wildman–Crippen LogP) is 4.08. The summed E-state index contributed by atoms with van der Waals surface area (Å²) in [5.41, 5.74) is -1.20. The number of likely N-dealkylation sites (N-methyl/N-ethyl adjacent to an activating group) is 1. The normalized spacial score (nSPS) is 16.4. The number of carbonyl (C=O) groups is 1. The zero-order valence-electron chi connectivity index (χ0n) is 17.9. The maximum Gasteiger partial charge on any atom is 0.327 e. The molecule has 0 radical (unpaired) electrons. The van der Waals surface area contributed by atoms with Crippen LogP contribution >= 0.6 is 27.5 Å². The average molecular weight is 533 g/mol. The van der Waals surface area contributed by atoms with Gasteiger partial charge in [-0.3, -0.25) is 4.79 Å². The first-order chi connectivity index (χ1) is 14.6. The van der Waals surface area contributed by atoms with Gasteiger partial charge in [0.25, 0.3) is 0 Å². The van der Waals surface area contributed by atoms with Gasteiger partial charge in [0.2, 0.25) is 10.0 Å². The molecule has 0 saturated heterocycles. The van der Waals surface area contributed by atoms with Crippen molar-refractivity contribution in [1.29, 1.82) is 0 Å². The SMILES string of the molecule is CCOC(=O)C1(N(CCN(C)C)S(=O)(=O)c2ccc3c(Br)cnc(Cl)c3c2)CCCC1. The van der Waals surface area contributed by atoms with E-state index in [1.165, 1.54) is 10.4 Å². The average Bonchev–Trinajstić information content (AvgIpc) is 3.21. The summed E-state index contributed by atoms with van der Waals surface area (Å²) in [5, 5.41) is 1.51. The zero-order chi connectivity index (χ0) is 22.8. The van der Waals surface area contributed by atoms with Crippen LogP contribution in [0.2, 0.25) is 5.15 Å². The van der Waals surface area contributed by atoms with Gasteiger partial charge in [0.05, 0.1) is 11.5 Å². The van der Waals surface area contributed by atoms with E-state index in [4.69, 9.17) is 16.3 Å². The third kappa shape index (κ3) is 4.75. The summed E-state index contributed by atoms with van der Waals surface area (Å²) < 4.78 is 35.3. The molecule has 1 aromatic heterocycles. The second kappa shape index (κ2) is 9.70. The molecule has 170 valence electrons. The molecule has 1 heterocycles. The van der Waals surface area contributed by atoms with Gasteiger partial charge < -0.3 is 9.64 Å². The lowest BCUT2D eigenvalue weighted by Crippen LogP contribution is -2.57. The zero-order valence-corrected chi connectivity index (χ0v) is 21.1. The molecule has 3 rings (SSSR count). The summed E-state index contributed by atoms with van der Waals surface area (Å²) in [7, 11) is -0.278. The van der Waals surface area contributed by atoms with E-state index in [0.717, 1.165) is 22.7 Å². The molecule has 1 aromatic carbocycles. The third-order valence-electron chi connectivity index (χ3n) is 5.66. The summed E-state index contributed by atoms with van der Waals surface area (Å²) in [6.07, 6.45) is 4.01. The molecule has 0 bridgehead atoms. The smallest absolute Gasteiger partial charge is 0.327 e.